The maximum atomic E-state index is 12.7. The number of benzene rings is 1. The maximum Gasteiger partial charge on any atom is 0.248 e. The number of amides is 1. The lowest BCUT2D eigenvalue weighted by Crippen LogP contribution is -2.44. The summed E-state index contributed by atoms with van der Waals surface area (Å²) in [6.07, 6.45) is 1.73. The van der Waals surface area contributed by atoms with Gasteiger partial charge in [0.15, 0.2) is 0 Å². The minimum atomic E-state index is -3.61. The van der Waals surface area contributed by atoms with Gasteiger partial charge in [-0.1, -0.05) is 6.07 Å². The van der Waals surface area contributed by atoms with Crippen LogP contribution in [0.4, 0.5) is 0 Å². The van der Waals surface area contributed by atoms with Gasteiger partial charge in [-0.25, -0.2) is 8.42 Å². The lowest BCUT2D eigenvalue weighted by atomic mass is 9.93. The third-order valence-electron chi connectivity index (χ3n) is 3.92. The summed E-state index contributed by atoms with van der Waals surface area (Å²) in [6, 6.07) is 5.80. The van der Waals surface area contributed by atoms with Crippen LogP contribution in [0.25, 0.3) is 0 Å². The highest BCUT2D eigenvalue weighted by molar-refractivity contribution is 7.89. The number of primary amides is 1. The zero-order valence-electron chi connectivity index (χ0n) is 12.4. The second kappa shape index (κ2) is 7.41. The summed E-state index contributed by atoms with van der Waals surface area (Å²) in [5.74, 6) is -0.480. The van der Waals surface area contributed by atoms with Crippen LogP contribution in [0.3, 0.4) is 0 Å². The van der Waals surface area contributed by atoms with Crippen molar-refractivity contribution in [3.63, 3.8) is 0 Å². The van der Waals surface area contributed by atoms with Gasteiger partial charge in [0.1, 0.15) is 0 Å². The molecule has 6 nitrogen and oxygen atoms in total. The zero-order chi connectivity index (χ0) is 15.6. The van der Waals surface area contributed by atoms with E-state index in [2.05, 4.69) is 0 Å². The molecule has 1 amide bonds. The Balaban J connectivity index is 0.00000242. The predicted octanol–water partition coefficient (Wildman–Crippen LogP) is 0.955. The Bertz CT molecular complexity index is 634. The SMILES string of the molecule is CC(N)C1CCCN(S(=O)(=O)c2cccc(C(N)=O)c2)C1.Cl. The van der Waals surface area contributed by atoms with Crippen molar-refractivity contribution in [1.82, 2.24) is 4.31 Å². The molecule has 0 bridgehead atoms. The van der Waals surface area contributed by atoms with E-state index in [1.54, 1.807) is 0 Å². The van der Waals surface area contributed by atoms with Crippen LogP contribution in [0.15, 0.2) is 29.2 Å². The van der Waals surface area contributed by atoms with Gasteiger partial charge in [-0.15, -0.1) is 12.4 Å². The molecular formula is C14H22ClN3O3S. The monoisotopic (exact) mass is 347 g/mol. The maximum absolute atomic E-state index is 12.7. The number of nitrogens with two attached hydrogens (primary N) is 2. The molecule has 0 aliphatic carbocycles. The predicted molar refractivity (Wildman–Crippen MR) is 87.3 cm³/mol. The molecule has 1 heterocycles. The molecule has 0 radical (unpaired) electrons. The van der Waals surface area contributed by atoms with Gasteiger partial charge in [-0.3, -0.25) is 4.79 Å². The molecule has 2 atom stereocenters. The third kappa shape index (κ3) is 3.98. The van der Waals surface area contributed by atoms with E-state index < -0.39 is 15.9 Å². The first kappa shape index (κ1) is 18.9. The number of carbonyl (C=O) groups excluding carboxylic acids is 1. The van der Waals surface area contributed by atoms with Gasteiger partial charge >= 0.3 is 0 Å². The Morgan fingerprint density at radius 1 is 1.41 bits per heavy atom. The van der Waals surface area contributed by atoms with Gasteiger partial charge in [0.25, 0.3) is 0 Å². The number of hydrogen-bond acceptors (Lipinski definition) is 4. The molecule has 2 rings (SSSR count). The molecule has 1 saturated heterocycles. The summed E-state index contributed by atoms with van der Waals surface area (Å²) in [6.45, 7) is 2.79. The number of halogens is 1. The van der Waals surface area contributed by atoms with Crippen LogP contribution in [0.5, 0.6) is 0 Å². The summed E-state index contributed by atoms with van der Waals surface area (Å²) >= 11 is 0. The quantitative estimate of drug-likeness (QED) is 0.845. The standard InChI is InChI=1S/C14H21N3O3S.ClH/c1-10(15)12-5-3-7-17(9-12)21(19,20)13-6-2-4-11(8-13)14(16)18;/h2,4,6,8,10,12H,3,5,7,9,15H2,1H3,(H2,16,18);1H. The van der Waals surface area contributed by atoms with Gasteiger partial charge in [0.05, 0.1) is 4.90 Å². The van der Waals surface area contributed by atoms with Crippen molar-refractivity contribution in [2.75, 3.05) is 13.1 Å². The molecule has 0 spiro atoms. The second-order valence-electron chi connectivity index (χ2n) is 5.52. The molecule has 1 aromatic rings. The molecule has 4 N–H and O–H groups in total. The van der Waals surface area contributed by atoms with Crippen LogP contribution in [-0.4, -0.2) is 37.8 Å². The van der Waals surface area contributed by atoms with Gasteiger partial charge in [-0.05, 0) is 43.9 Å². The van der Waals surface area contributed by atoms with E-state index in [4.69, 9.17) is 11.5 Å². The highest BCUT2D eigenvalue weighted by Gasteiger charge is 2.31. The van der Waals surface area contributed by atoms with E-state index in [-0.39, 0.29) is 34.8 Å². The van der Waals surface area contributed by atoms with Crippen LogP contribution in [0.2, 0.25) is 0 Å². The molecular weight excluding hydrogens is 326 g/mol. The fraction of sp³-hybridized carbons (Fsp3) is 0.500. The summed E-state index contributed by atoms with van der Waals surface area (Å²) in [5, 5.41) is 0. The van der Waals surface area contributed by atoms with Crippen molar-refractivity contribution in [2.45, 2.75) is 30.7 Å². The number of carbonyl (C=O) groups is 1. The van der Waals surface area contributed by atoms with Crippen molar-refractivity contribution >= 4 is 28.3 Å². The fourth-order valence-corrected chi connectivity index (χ4v) is 4.16. The first-order valence-electron chi connectivity index (χ1n) is 6.98. The Morgan fingerprint density at radius 2 is 2.09 bits per heavy atom. The summed E-state index contributed by atoms with van der Waals surface area (Å²) in [4.78, 5) is 11.3. The molecule has 0 aromatic heterocycles. The van der Waals surface area contributed by atoms with E-state index in [1.165, 1.54) is 28.6 Å². The number of nitrogens with zero attached hydrogens (tertiary/aromatic N) is 1. The summed E-state index contributed by atoms with van der Waals surface area (Å²) in [7, 11) is -3.61. The first-order chi connectivity index (χ1) is 9.82. The Hall–Kier alpha value is -1.15. The zero-order valence-corrected chi connectivity index (χ0v) is 14.1. The average molecular weight is 348 g/mol. The molecule has 124 valence electrons. The van der Waals surface area contributed by atoms with Gasteiger partial charge in [-0.2, -0.15) is 4.31 Å². The Labute approximate surface area is 137 Å². The molecule has 22 heavy (non-hydrogen) atoms. The molecule has 1 fully saturated rings. The Kier molecular flexibility index (Phi) is 6.37. The minimum Gasteiger partial charge on any atom is -0.366 e. The third-order valence-corrected chi connectivity index (χ3v) is 5.78. The van der Waals surface area contributed by atoms with Crippen molar-refractivity contribution < 1.29 is 13.2 Å². The van der Waals surface area contributed by atoms with Crippen LogP contribution in [0.1, 0.15) is 30.1 Å². The van der Waals surface area contributed by atoms with Crippen LogP contribution in [0, 0.1) is 5.92 Å². The molecule has 8 heteroatoms. The second-order valence-corrected chi connectivity index (χ2v) is 7.45. The molecule has 2 unspecified atom stereocenters. The van der Waals surface area contributed by atoms with Gasteiger partial charge < -0.3 is 11.5 Å². The van der Waals surface area contributed by atoms with Crippen LogP contribution >= 0.6 is 12.4 Å². The molecule has 1 aliphatic heterocycles. The first-order valence-corrected chi connectivity index (χ1v) is 8.42. The molecule has 1 aromatic carbocycles. The number of sulfonamides is 1. The highest BCUT2D eigenvalue weighted by atomic mass is 35.5. The lowest BCUT2D eigenvalue weighted by Gasteiger charge is -2.33. The molecule has 1 aliphatic rings. The van der Waals surface area contributed by atoms with E-state index in [1.807, 2.05) is 6.92 Å². The average Bonchev–Trinajstić information content (AvgIpc) is 2.47. The van der Waals surface area contributed by atoms with E-state index in [9.17, 15) is 13.2 Å². The smallest absolute Gasteiger partial charge is 0.248 e. The number of piperidine rings is 1. The van der Waals surface area contributed by atoms with Crippen LogP contribution in [-0.2, 0) is 10.0 Å². The van der Waals surface area contributed by atoms with E-state index >= 15 is 0 Å². The topological polar surface area (TPSA) is 106 Å². The Morgan fingerprint density at radius 3 is 2.68 bits per heavy atom. The van der Waals surface area contributed by atoms with E-state index in [0.717, 1.165) is 12.8 Å². The number of hydrogen-bond donors (Lipinski definition) is 2. The minimum absolute atomic E-state index is 0. The van der Waals surface area contributed by atoms with Crippen molar-refractivity contribution in [2.24, 2.45) is 17.4 Å². The summed E-state index contributed by atoms with van der Waals surface area (Å²) in [5.41, 5.74) is 11.3. The largest absolute Gasteiger partial charge is 0.366 e. The number of rotatable bonds is 4. The lowest BCUT2D eigenvalue weighted by molar-refractivity contribution is 0.1000. The highest BCUT2D eigenvalue weighted by Crippen LogP contribution is 2.25. The fourth-order valence-electron chi connectivity index (χ4n) is 2.58. The van der Waals surface area contributed by atoms with Gasteiger partial charge in [0.2, 0.25) is 15.9 Å². The summed E-state index contributed by atoms with van der Waals surface area (Å²) < 4.78 is 26.8. The van der Waals surface area contributed by atoms with Crippen LogP contribution < -0.4 is 11.5 Å². The van der Waals surface area contributed by atoms with Crippen molar-refractivity contribution in [3.05, 3.63) is 29.8 Å². The van der Waals surface area contributed by atoms with Crippen molar-refractivity contribution in [1.29, 1.82) is 0 Å². The van der Waals surface area contributed by atoms with Crippen molar-refractivity contribution in [3.8, 4) is 0 Å². The van der Waals surface area contributed by atoms with E-state index in [0.29, 0.717) is 13.1 Å². The molecule has 0 saturated carbocycles. The van der Waals surface area contributed by atoms with Gasteiger partial charge in [0, 0.05) is 24.7 Å². The normalized spacial score (nSPS) is 20.9.